The lowest BCUT2D eigenvalue weighted by Gasteiger charge is -2.27. The maximum Gasteiger partial charge on any atom is 0.460 e. The van der Waals surface area contributed by atoms with Crippen molar-refractivity contribution in [2.24, 2.45) is 0 Å². The number of rotatable bonds is 4. The third kappa shape index (κ3) is 3.37. The average molecular weight is 318 g/mol. The van der Waals surface area contributed by atoms with Gasteiger partial charge in [0.15, 0.2) is 0 Å². The van der Waals surface area contributed by atoms with Gasteiger partial charge in [0.25, 0.3) is 0 Å². The highest BCUT2D eigenvalue weighted by Crippen LogP contribution is 2.46. The summed E-state index contributed by atoms with van der Waals surface area (Å²) in [7, 11) is 0. The van der Waals surface area contributed by atoms with Crippen LogP contribution in [-0.4, -0.2) is 23.9 Å². The Labute approximate surface area is 114 Å². The van der Waals surface area contributed by atoms with Gasteiger partial charge >= 0.3 is 23.9 Å². The molecule has 0 saturated carbocycles. The number of anilines is 1. The SMILES string of the molecule is Cc1cccc(NNC(=O)C(F)(F)C(F)(F)C(F)(F)F)c1. The number of halogens is 7. The van der Waals surface area contributed by atoms with Crippen molar-refractivity contribution in [3.05, 3.63) is 29.8 Å². The van der Waals surface area contributed by atoms with Crippen molar-refractivity contribution in [2.75, 3.05) is 5.43 Å². The Morgan fingerprint density at radius 2 is 1.62 bits per heavy atom. The maximum atomic E-state index is 13.0. The van der Waals surface area contributed by atoms with E-state index in [1.807, 2.05) is 5.43 Å². The van der Waals surface area contributed by atoms with E-state index < -0.39 is 23.9 Å². The summed E-state index contributed by atoms with van der Waals surface area (Å²) in [5, 5.41) is 0. The van der Waals surface area contributed by atoms with Crippen LogP contribution in [0.25, 0.3) is 0 Å². The number of hydrogen-bond acceptors (Lipinski definition) is 2. The van der Waals surface area contributed by atoms with Gasteiger partial charge in [-0.05, 0) is 24.6 Å². The fourth-order valence-corrected chi connectivity index (χ4v) is 1.25. The molecule has 0 heterocycles. The van der Waals surface area contributed by atoms with Crippen LogP contribution in [-0.2, 0) is 4.79 Å². The van der Waals surface area contributed by atoms with Crippen LogP contribution in [0.2, 0.25) is 0 Å². The molecule has 1 rings (SSSR count). The Kier molecular flexibility index (Phi) is 4.40. The van der Waals surface area contributed by atoms with E-state index in [1.54, 1.807) is 13.0 Å². The van der Waals surface area contributed by atoms with Crippen molar-refractivity contribution in [1.82, 2.24) is 5.43 Å². The molecule has 0 fully saturated rings. The molecule has 1 aromatic carbocycles. The minimum atomic E-state index is -6.56. The van der Waals surface area contributed by atoms with Gasteiger partial charge in [0, 0.05) is 0 Å². The Hall–Kier alpha value is -2.00. The van der Waals surface area contributed by atoms with Crippen LogP contribution in [0.3, 0.4) is 0 Å². The normalized spacial score (nSPS) is 13.0. The van der Waals surface area contributed by atoms with Crippen LogP contribution >= 0.6 is 0 Å². The van der Waals surface area contributed by atoms with Gasteiger partial charge in [0.1, 0.15) is 0 Å². The third-order valence-corrected chi connectivity index (χ3v) is 2.37. The molecular formula is C11H9F7N2O. The number of nitrogens with one attached hydrogen (secondary N) is 2. The van der Waals surface area contributed by atoms with Gasteiger partial charge in [-0.2, -0.15) is 30.7 Å². The molecule has 1 aromatic rings. The molecule has 3 nitrogen and oxygen atoms in total. The van der Waals surface area contributed by atoms with Crippen molar-refractivity contribution in [1.29, 1.82) is 0 Å². The van der Waals surface area contributed by atoms with Gasteiger partial charge in [0.05, 0.1) is 5.69 Å². The molecule has 118 valence electrons. The van der Waals surface area contributed by atoms with Gasteiger partial charge in [-0.3, -0.25) is 15.6 Å². The summed E-state index contributed by atoms with van der Waals surface area (Å²) in [5.74, 6) is -15.2. The molecule has 0 aliphatic carbocycles. The van der Waals surface area contributed by atoms with Crippen LogP contribution in [0.15, 0.2) is 24.3 Å². The maximum absolute atomic E-state index is 13.0. The monoisotopic (exact) mass is 318 g/mol. The molecule has 0 spiro atoms. The van der Waals surface area contributed by atoms with Crippen molar-refractivity contribution >= 4 is 11.6 Å². The third-order valence-electron chi connectivity index (χ3n) is 2.37. The lowest BCUT2D eigenvalue weighted by Crippen LogP contribution is -2.60. The molecule has 21 heavy (non-hydrogen) atoms. The van der Waals surface area contributed by atoms with Gasteiger partial charge in [-0.25, -0.2) is 0 Å². The summed E-state index contributed by atoms with van der Waals surface area (Å²) in [6.45, 7) is 1.61. The number of amides is 1. The second-order valence-electron chi connectivity index (χ2n) is 4.10. The Bertz CT molecular complexity index is 528. The molecule has 1 amide bonds. The summed E-state index contributed by atoms with van der Waals surface area (Å²) in [4.78, 5) is 10.9. The molecule has 0 saturated heterocycles. The first-order chi connectivity index (χ1) is 9.39. The van der Waals surface area contributed by atoms with E-state index in [4.69, 9.17) is 0 Å². The van der Waals surface area contributed by atoms with E-state index in [1.165, 1.54) is 18.2 Å². The van der Waals surface area contributed by atoms with Gasteiger partial charge in [-0.1, -0.05) is 12.1 Å². The van der Waals surface area contributed by atoms with E-state index in [9.17, 15) is 35.5 Å². The second kappa shape index (κ2) is 5.41. The fourth-order valence-electron chi connectivity index (χ4n) is 1.25. The predicted molar refractivity (Wildman–Crippen MR) is 58.9 cm³/mol. The average Bonchev–Trinajstić information content (AvgIpc) is 2.34. The summed E-state index contributed by atoms with van der Waals surface area (Å²) < 4.78 is 86.7. The van der Waals surface area contributed by atoms with Crippen molar-refractivity contribution in [3.8, 4) is 0 Å². The van der Waals surface area contributed by atoms with Crippen LogP contribution in [0, 0.1) is 6.92 Å². The summed E-state index contributed by atoms with van der Waals surface area (Å²) >= 11 is 0. The van der Waals surface area contributed by atoms with E-state index in [0.717, 1.165) is 5.43 Å². The predicted octanol–water partition coefficient (Wildman–Crippen LogP) is 3.27. The first-order valence-corrected chi connectivity index (χ1v) is 5.35. The second-order valence-corrected chi connectivity index (χ2v) is 4.10. The van der Waals surface area contributed by atoms with Crippen molar-refractivity contribution in [2.45, 2.75) is 24.9 Å². The number of alkyl halides is 7. The zero-order valence-electron chi connectivity index (χ0n) is 10.4. The van der Waals surface area contributed by atoms with Crippen molar-refractivity contribution < 1.29 is 35.5 Å². The van der Waals surface area contributed by atoms with Crippen LogP contribution in [0.4, 0.5) is 36.4 Å². The topological polar surface area (TPSA) is 41.1 Å². The molecule has 0 radical (unpaired) electrons. The van der Waals surface area contributed by atoms with Crippen molar-refractivity contribution in [3.63, 3.8) is 0 Å². The Balaban J connectivity index is 2.83. The van der Waals surface area contributed by atoms with Crippen LogP contribution in [0.5, 0.6) is 0 Å². The lowest BCUT2D eigenvalue weighted by molar-refractivity contribution is -0.344. The highest BCUT2D eigenvalue weighted by Gasteiger charge is 2.76. The highest BCUT2D eigenvalue weighted by molar-refractivity contribution is 5.85. The molecular weight excluding hydrogens is 309 g/mol. The largest absolute Gasteiger partial charge is 0.460 e. The highest BCUT2D eigenvalue weighted by atomic mass is 19.4. The molecule has 0 atom stereocenters. The number of hydrogen-bond donors (Lipinski definition) is 2. The molecule has 0 aliphatic rings. The van der Waals surface area contributed by atoms with E-state index in [2.05, 4.69) is 0 Å². The van der Waals surface area contributed by atoms with Crippen LogP contribution in [0.1, 0.15) is 5.56 Å². The molecule has 0 aliphatic heterocycles. The summed E-state index contributed by atoms with van der Waals surface area (Å²) in [6.07, 6.45) is -6.56. The van der Waals surface area contributed by atoms with Gasteiger partial charge in [0.2, 0.25) is 0 Å². The lowest BCUT2D eigenvalue weighted by atomic mass is 10.1. The number of aryl methyl sites for hydroxylation is 1. The smallest absolute Gasteiger partial charge is 0.298 e. The minimum absolute atomic E-state index is 0.0366. The first kappa shape index (κ1) is 17.1. The molecule has 2 N–H and O–H groups in total. The minimum Gasteiger partial charge on any atom is -0.298 e. The van der Waals surface area contributed by atoms with Gasteiger partial charge in [-0.15, -0.1) is 0 Å². The van der Waals surface area contributed by atoms with E-state index in [0.29, 0.717) is 5.56 Å². The number of benzene rings is 1. The van der Waals surface area contributed by atoms with E-state index in [-0.39, 0.29) is 5.69 Å². The number of carbonyl (C=O) groups excluding carboxylic acids is 1. The summed E-state index contributed by atoms with van der Waals surface area (Å²) in [6, 6.07) is 5.69. The Morgan fingerprint density at radius 3 is 2.10 bits per heavy atom. The molecule has 0 bridgehead atoms. The molecule has 10 heteroatoms. The number of carbonyl (C=O) groups is 1. The molecule has 0 aromatic heterocycles. The Morgan fingerprint density at radius 1 is 1.05 bits per heavy atom. The first-order valence-electron chi connectivity index (χ1n) is 5.35. The number of hydrazine groups is 1. The molecule has 0 unspecified atom stereocenters. The zero-order valence-corrected chi connectivity index (χ0v) is 10.4. The fraction of sp³-hybridized carbons (Fsp3) is 0.364. The van der Waals surface area contributed by atoms with E-state index >= 15 is 0 Å². The standard InChI is InChI=1S/C11H9F7N2O/c1-6-3-2-4-7(5-6)19-20-8(21)9(12,13)10(14,15)11(16,17)18/h2-5,19H,1H3,(H,20,21). The van der Waals surface area contributed by atoms with Gasteiger partial charge < -0.3 is 0 Å². The summed E-state index contributed by atoms with van der Waals surface area (Å²) in [5.41, 5.74) is 3.64. The zero-order chi connectivity index (χ0) is 16.5. The quantitative estimate of drug-likeness (QED) is 0.661. The van der Waals surface area contributed by atoms with Crippen LogP contribution < -0.4 is 10.9 Å².